The number of nitrogens with zero attached hydrogens (tertiary/aromatic N) is 2. The van der Waals surface area contributed by atoms with Gasteiger partial charge in [0.25, 0.3) is 5.91 Å². The van der Waals surface area contributed by atoms with Crippen molar-refractivity contribution in [1.82, 2.24) is 9.88 Å². The fourth-order valence-corrected chi connectivity index (χ4v) is 3.74. The van der Waals surface area contributed by atoms with Gasteiger partial charge in [-0.25, -0.2) is 4.98 Å². The second-order valence-corrected chi connectivity index (χ2v) is 6.68. The van der Waals surface area contributed by atoms with Crippen LogP contribution in [0.4, 0.5) is 0 Å². The summed E-state index contributed by atoms with van der Waals surface area (Å²) < 4.78 is 10.6. The Kier molecular flexibility index (Phi) is 5.82. The number of hydrogen-bond acceptors (Lipinski definition) is 5. The highest BCUT2D eigenvalue weighted by molar-refractivity contribution is 7.09. The van der Waals surface area contributed by atoms with E-state index in [1.807, 2.05) is 40.7 Å². The summed E-state index contributed by atoms with van der Waals surface area (Å²) in [5.41, 5.74) is 0.661. The van der Waals surface area contributed by atoms with Gasteiger partial charge in [-0.15, -0.1) is 11.3 Å². The molecule has 1 unspecified atom stereocenters. The molecule has 1 atom stereocenters. The van der Waals surface area contributed by atoms with Crippen molar-refractivity contribution < 1.29 is 14.3 Å². The predicted octanol–water partition coefficient (Wildman–Crippen LogP) is 3.54. The molecule has 1 saturated heterocycles. The molecule has 0 bridgehead atoms. The van der Waals surface area contributed by atoms with E-state index in [2.05, 4.69) is 4.98 Å². The van der Waals surface area contributed by atoms with E-state index in [0.29, 0.717) is 24.5 Å². The van der Waals surface area contributed by atoms with Crippen molar-refractivity contribution in [2.24, 2.45) is 0 Å². The van der Waals surface area contributed by atoms with E-state index in [-0.39, 0.29) is 11.9 Å². The monoisotopic (exact) mass is 346 g/mol. The molecule has 1 aliphatic rings. The number of thiazole rings is 1. The number of rotatable bonds is 6. The second-order valence-electron chi connectivity index (χ2n) is 5.75. The van der Waals surface area contributed by atoms with Crippen LogP contribution < -0.4 is 4.74 Å². The van der Waals surface area contributed by atoms with Crippen LogP contribution in [0.3, 0.4) is 0 Å². The number of aromatic nitrogens is 1. The van der Waals surface area contributed by atoms with Crippen molar-refractivity contribution in [3.63, 3.8) is 0 Å². The van der Waals surface area contributed by atoms with Crippen molar-refractivity contribution in [2.45, 2.75) is 25.3 Å². The summed E-state index contributed by atoms with van der Waals surface area (Å²) in [5.74, 6) is 0.743. The predicted molar refractivity (Wildman–Crippen MR) is 93.6 cm³/mol. The van der Waals surface area contributed by atoms with Gasteiger partial charge >= 0.3 is 0 Å². The largest absolute Gasteiger partial charge is 0.491 e. The molecular formula is C18H22N2O3S. The maximum absolute atomic E-state index is 13.0. The van der Waals surface area contributed by atoms with Gasteiger partial charge in [0, 0.05) is 30.8 Å². The van der Waals surface area contributed by atoms with Crippen molar-refractivity contribution in [2.75, 3.05) is 26.9 Å². The number of amides is 1. The summed E-state index contributed by atoms with van der Waals surface area (Å²) in [4.78, 5) is 19.4. The van der Waals surface area contributed by atoms with Crippen LogP contribution in [0.5, 0.6) is 5.75 Å². The summed E-state index contributed by atoms with van der Waals surface area (Å²) in [6.45, 7) is 1.77. The molecule has 6 heteroatoms. The zero-order chi connectivity index (χ0) is 16.8. The summed E-state index contributed by atoms with van der Waals surface area (Å²) >= 11 is 1.62. The van der Waals surface area contributed by atoms with Crippen LogP contribution >= 0.6 is 11.3 Å². The molecule has 1 amide bonds. The number of hydrogen-bond donors (Lipinski definition) is 0. The van der Waals surface area contributed by atoms with Gasteiger partial charge in [-0.3, -0.25) is 4.79 Å². The average molecular weight is 346 g/mol. The van der Waals surface area contributed by atoms with Gasteiger partial charge in [0.1, 0.15) is 17.4 Å². The molecule has 0 spiro atoms. The number of likely N-dealkylation sites (tertiary alicyclic amines) is 1. The molecule has 0 N–H and O–H groups in total. The van der Waals surface area contributed by atoms with E-state index in [4.69, 9.17) is 9.47 Å². The quantitative estimate of drug-likeness (QED) is 0.751. The number of ether oxygens (including phenoxy) is 2. The summed E-state index contributed by atoms with van der Waals surface area (Å²) in [6, 6.07) is 7.47. The third-order valence-corrected chi connectivity index (χ3v) is 5.01. The zero-order valence-electron chi connectivity index (χ0n) is 13.8. The summed E-state index contributed by atoms with van der Waals surface area (Å²) in [5, 5.41) is 2.99. The van der Waals surface area contributed by atoms with Crippen molar-refractivity contribution in [3.05, 3.63) is 46.4 Å². The highest BCUT2D eigenvalue weighted by atomic mass is 32.1. The van der Waals surface area contributed by atoms with E-state index in [9.17, 15) is 4.79 Å². The molecular weight excluding hydrogens is 324 g/mol. The Morgan fingerprint density at radius 1 is 1.38 bits per heavy atom. The van der Waals surface area contributed by atoms with Crippen molar-refractivity contribution in [1.29, 1.82) is 0 Å². The van der Waals surface area contributed by atoms with E-state index in [1.165, 1.54) is 0 Å². The first-order valence-corrected chi connectivity index (χ1v) is 9.09. The Morgan fingerprint density at radius 2 is 2.29 bits per heavy atom. The Hall–Kier alpha value is -1.92. The molecule has 128 valence electrons. The summed E-state index contributed by atoms with van der Waals surface area (Å²) in [7, 11) is 1.64. The van der Waals surface area contributed by atoms with Crippen LogP contribution in [0.25, 0.3) is 0 Å². The number of carbonyl (C=O) groups excluding carboxylic acids is 1. The number of piperidine rings is 1. The molecule has 2 heterocycles. The number of carbonyl (C=O) groups is 1. The van der Waals surface area contributed by atoms with Crippen LogP contribution in [-0.4, -0.2) is 42.7 Å². The zero-order valence-corrected chi connectivity index (χ0v) is 14.6. The van der Waals surface area contributed by atoms with Gasteiger partial charge in [-0.05, 0) is 37.5 Å². The van der Waals surface area contributed by atoms with Gasteiger partial charge in [-0.2, -0.15) is 0 Å². The molecule has 0 saturated carbocycles. The molecule has 1 aliphatic heterocycles. The number of benzene rings is 1. The maximum Gasteiger partial charge on any atom is 0.254 e. The van der Waals surface area contributed by atoms with Gasteiger partial charge in [0.15, 0.2) is 0 Å². The van der Waals surface area contributed by atoms with Gasteiger partial charge in [-0.1, -0.05) is 6.07 Å². The standard InChI is InChI=1S/C18H22N2O3S/c1-22-10-11-23-15-6-4-5-14(13-15)18(21)20-9-3-2-7-16(20)17-19-8-12-24-17/h4-6,8,12-13,16H,2-3,7,9-11H2,1H3. The lowest BCUT2D eigenvalue weighted by Gasteiger charge is -2.34. The fourth-order valence-electron chi connectivity index (χ4n) is 2.96. The van der Waals surface area contributed by atoms with E-state index < -0.39 is 0 Å². The molecule has 1 fully saturated rings. The Balaban J connectivity index is 1.75. The normalized spacial score (nSPS) is 17.7. The first-order valence-electron chi connectivity index (χ1n) is 8.22. The minimum atomic E-state index is 0.0482. The third kappa shape index (κ3) is 3.94. The van der Waals surface area contributed by atoms with Crippen LogP contribution in [0, 0.1) is 0 Å². The lowest BCUT2D eigenvalue weighted by atomic mass is 10.0. The Bertz CT molecular complexity index is 660. The van der Waals surface area contributed by atoms with Crippen LogP contribution in [-0.2, 0) is 4.74 Å². The average Bonchev–Trinajstić information content (AvgIpc) is 3.16. The van der Waals surface area contributed by atoms with Crippen LogP contribution in [0.2, 0.25) is 0 Å². The fraction of sp³-hybridized carbons (Fsp3) is 0.444. The van der Waals surface area contributed by atoms with Crippen LogP contribution in [0.1, 0.15) is 40.7 Å². The summed E-state index contributed by atoms with van der Waals surface area (Å²) in [6.07, 6.45) is 4.96. The van der Waals surface area contributed by atoms with E-state index >= 15 is 0 Å². The van der Waals surface area contributed by atoms with Gasteiger partial charge in [0.2, 0.25) is 0 Å². The van der Waals surface area contributed by atoms with E-state index in [0.717, 1.165) is 30.8 Å². The van der Waals surface area contributed by atoms with Gasteiger partial charge in [0.05, 0.1) is 12.6 Å². The molecule has 1 aromatic carbocycles. The van der Waals surface area contributed by atoms with Crippen molar-refractivity contribution in [3.8, 4) is 5.75 Å². The third-order valence-electron chi connectivity index (χ3n) is 4.14. The SMILES string of the molecule is COCCOc1cccc(C(=O)N2CCCCC2c2nccs2)c1. The molecule has 0 radical (unpaired) electrons. The second kappa shape index (κ2) is 8.26. The molecule has 0 aliphatic carbocycles. The lowest BCUT2D eigenvalue weighted by molar-refractivity contribution is 0.0610. The smallest absolute Gasteiger partial charge is 0.254 e. The lowest BCUT2D eigenvalue weighted by Crippen LogP contribution is -2.38. The molecule has 2 aromatic rings. The topological polar surface area (TPSA) is 51.7 Å². The minimum Gasteiger partial charge on any atom is -0.491 e. The first kappa shape index (κ1) is 16.9. The Labute approximate surface area is 146 Å². The number of methoxy groups -OCH3 is 1. The molecule has 3 rings (SSSR count). The highest BCUT2D eigenvalue weighted by Gasteiger charge is 2.30. The first-order chi connectivity index (χ1) is 11.8. The van der Waals surface area contributed by atoms with Crippen LogP contribution in [0.15, 0.2) is 35.8 Å². The molecule has 1 aromatic heterocycles. The maximum atomic E-state index is 13.0. The van der Waals surface area contributed by atoms with Crippen molar-refractivity contribution >= 4 is 17.2 Å². The molecule has 5 nitrogen and oxygen atoms in total. The molecule has 24 heavy (non-hydrogen) atoms. The van der Waals surface area contributed by atoms with Gasteiger partial charge < -0.3 is 14.4 Å². The van der Waals surface area contributed by atoms with E-state index in [1.54, 1.807) is 18.4 Å². The Morgan fingerprint density at radius 3 is 3.08 bits per heavy atom. The minimum absolute atomic E-state index is 0.0482. The highest BCUT2D eigenvalue weighted by Crippen LogP contribution is 2.33.